The van der Waals surface area contributed by atoms with Crippen LogP contribution in [-0.2, 0) is 9.53 Å². The molecular weight excluding hydrogens is 244 g/mol. The Bertz CT molecular complexity index is 449. The summed E-state index contributed by atoms with van der Waals surface area (Å²) >= 11 is 0. The van der Waals surface area contributed by atoms with Crippen LogP contribution in [0.3, 0.4) is 0 Å². The molecule has 1 rings (SSSR count). The van der Waals surface area contributed by atoms with E-state index < -0.39 is 11.5 Å². The van der Waals surface area contributed by atoms with Crippen molar-refractivity contribution in [2.75, 3.05) is 13.7 Å². The minimum Gasteiger partial charge on any atom is -0.492 e. The van der Waals surface area contributed by atoms with Crippen molar-refractivity contribution in [1.29, 1.82) is 0 Å². The van der Waals surface area contributed by atoms with E-state index in [-0.39, 0.29) is 12.6 Å². The lowest BCUT2D eigenvalue weighted by atomic mass is 9.95. The predicted molar refractivity (Wildman–Crippen MR) is 73.1 cm³/mol. The molecule has 0 heterocycles. The Morgan fingerprint density at radius 3 is 2.53 bits per heavy atom. The number of carbonyl (C=O) groups excluding carboxylic acids is 1. The van der Waals surface area contributed by atoms with E-state index in [1.54, 1.807) is 20.8 Å². The van der Waals surface area contributed by atoms with E-state index >= 15 is 0 Å². The Kier molecular flexibility index (Phi) is 4.95. The van der Waals surface area contributed by atoms with Crippen LogP contribution in [0.2, 0.25) is 0 Å². The number of hydrogen-bond donors (Lipinski definition) is 1. The van der Waals surface area contributed by atoms with Gasteiger partial charge in [0.15, 0.2) is 0 Å². The molecule has 0 aliphatic heterocycles. The molecule has 106 valence electrons. The Labute approximate surface area is 114 Å². The SMILES string of the molecule is COC(=O)C(C)(C)COc1ccc([C@H](C)O)cc1C. The first-order valence-corrected chi connectivity index (χ1v) is 6.28. The molecule has 4 heteroatoms. The second kappa shape index (κ2) is 6.06. The lowest BCUT2D eigenvalue weighted by Gasteiger charge is -2.22. The van der Waals surface area contributed by atoms with Crippen molar-refractivity contribution in [2.45, 2.75) is 33.8 Å². The second-order valence-corrected chi connectivity index (χ2v) is 5.37. The van der Waals surface area contributed by atoms with Gasteiger partial charge in [0.1, 0.15) is 12.4 Å². The molecule has 0 spiro atoms. The molecule has 1 aromatic rings. The van der Waals surface area contributed by atoms with Crippen molar-refractivity contribution in [2.24, 2.45) is 5.41 Å². The highest BCUT2D eigenvalue weighted by Gasteiger charge is 2.29. The molecule has 1 N–H and O–H groups in total. The van der Waals surface area contributed by atoms with Crippen molar-refractivity contribution >= 4 is 5.97 Å². The number of methoxy groups -OCH3 is 1. The van der Waals surface area contributed by atoms with E-state index in [0.717, 1.165) is 11.1 Å². The van der Waals surface area contributed by atoms with Gasteiger partial charge in [-0.15, -0.1) is 0 Å². The Morgan fingerprint density at radius 2 is 2.05 bits per heavy atom. The summed E-state index contributed by atoms with van der Waals surface area (Å²) in [5.41, 5.74) is 1.08. The molecule has 0 aromatic heterocycles. The van der Waals surface area contributed by atoms with Gasteiger partial charge in [-0.25, -0.2) is 0 Å². The van der Waals surface area contributed by atoms with Gasteiger partial charge in [-0.1, -0.05) is 6.07 Å². The van der Waals surface area contributed by atoms with Gasteiger partial charge >= 0.3 is 5.97 Å². The summed E-state index contributed by atoms with van der Waals surface area (Å²) < 4.78 is 10.4. The fourth-order valence-corrected chi connectivity index (χ4v) is 1.69. The minimum absolute atomic E-state index is 0.245. The van der Waals surface area contributed by atoms with Crippen LogP contribution in [0.15, 0.2) is 18.2 Å². The van der Waals surface area contributed by atoms with Crippen LogP contribution in [-0.4, -0.2) is 24.8 Å². The summed E-state index contributed by atoms with van der Waals surface area (Å²) in [6.07, 6.45) is -0.501. The van der Waals surface area contributed by atoms with Gasteiger partial charge in [-0.2, -0.15) is 0 Å². The van der Waals surface area contributed by atoms with Gasteiger partial charge in [-0.05, 0) is 51.0 Å². The number of benzene rings is 1. The quantitative estimate of drug-likeness (QED) is 0.832. The van der Waals surface area contributed by atoms with Crippen molar-refractivity contribution in [3.05, 3.63) is 29.3 Å². The molecule has 0 aliphatic rings. The lowest BCUT2D eigenvalue weighted by Crippen LogP contribution is -2.32. The molecule has 0 radical (unpaired) electrons. The Balaban J connectivity index is 2.76. The number of aliphatic hydroxyl groups excluding tert-OH is 1. The molecule has 0 aliphatic carbocycles. The van der Waals surface area contributed by atoms with E-state index in [0.29, 0.717) is 5.75 Å². The fraction of sp³-hybridized carbons (Fsp3) is 0.533. The number of ether oxygens (including phenoxy) is 2. The van der Waals surface area contributed by atoms with Gasteiger partial charge < -0.3 is 14.6 Å². The number of rotatable bonds is 5. The van der Waals surface area contributed by atoms with E-state index in [1.165, 1.54) is 7.11 Å². The molecule has 0 fully saturated rings. The largest absolute Gasteiger partial charge is 0.492 e. The summed E-state index contributed by atoms with van der Waals surface area (Å²) in [6.45, 7) is 7.42. The number of esters is 1. The number of carbonyl (C=O) groups is 1. The first-order valence-electron chi connectivity index (χ1n) is 6.28. The monoisotopic (exact) mass is 266 g/mol. The van der Waals surface area contributed by atoms with Gasteiger partial charge in [0.25, 0.3) is 0 Å². The molecule has 0 bridgehead atoms. The number of aryl methyl sites for hydroxylation is 1. The Morgan fingerprint density at radius 1 is 1.42 bits per heavy atom. The highest BCUT2D eigenvalue weighted by atomic mass is 16.5. The van der Waals surface area contributed by atoms with Crippen LogP contribution < -0.4 is 4.74 Å². The summed E-state index contributed by atoms with van der Waals surface area (Å²) in [5, 5.41) is 9.50. The smallest absolute Gasteiger partial charge is 0.314 e. The summed E-state index contributed by atoms with van der Waals surface area (Å²) in [6, 6.07) is 5.51. The Hall–Kier alpha value is -1.55. The molecule has 0 saturated carbocycles. The van der Waals surface area contributed by atoms with Gasteiger partial charge in [0, 0.05) is 0 Å². The van der Waals surface area contributed by atoms with Crippen molar-refractivity contribution in [3.8, 4) is 5.75 Å². The van der Waals surface area contributed by atoms with Gasteiger partial charge in [0.2, 0.25) is 0 Å². The maximum Gasteiger partial charge on any atom is 0.314 e. The van der Waals surface area contributed by atoms with E-state index in [1.807, 2.05) is 25.1 Å². The van der Waals surface area contributed by atoms with Crippen molar-refractivity contribution in [3.63, 3.8) is 0 Å². The van der Waals surface area contributed by atoms with Crippen LogP contribution in [0.1, 0.15) is 38.0 Å². The maximum atomic E-state index is 11.5. The van der Waals surface area contributed by atoms with Crippen molar-refractivity contribution < 1.29 is 19.4 Å². The minimum atomic E-state index is -0.690. The first-order chi connectivity index (χ1) is 8.77. The number of hydrogen-bond acceptors (Lipinski definition) is 4. The third-order valence-corrected chi connectivity index (χ3v) is 3.01. The summed E-state index contributed by atoms with van der Waals surface area (Å²) in [5.74, 6) is 0.409. The van der Waals surface area contributed by atoms with Crippen LogP contribution in [0.25, 0.3) is 0 Å². The highest BCUT2D eigenvalue weighted by molar-refractivity contribution is 5.75. The molecule has 1 aromatic carbocycles. The molecular formula is C15H22O4. The normalized spacial score (nSPS) is 12.9. The van der Waals surface area contributed by atoms with Crippen LogP contribution in [0.4, 0.5) is 0 Å². The molecule has 19 heavy (non-hydrogen) atoms. The highest BCUT2D eigenvalue weighted by Crippen LogP contribution is 2.25. The number of aliphatic hydroxyl groups is 1. The average molecular weight is 266 g/mol. The first kappa shape index (κ1) is 15.5. The molecule has 0 saturated heterocycles. The average Bonchev–Trinajstić information content (AvgIpc) is 2.36. The zero-order valence-electron chi connectivity index (χ0n) is 12.2. The van der Waals surface area contributed by atoms with Crippen LogP contribution in [0.5, 0.6) is 5.75 Å². The predicted octanol–water partition coefficient (Wildman–Crippen LogP) is 2.63. The molecule has 0 amide bonds. The van der Waals surface area contributed by atoms with Crippen LogP contribution >= 0.6 is 0 Å². The topological polar surface area (TPSA) is 55.8 Å². The zero-order chi connectivity index (χ0) is 14.6. The third-order valence-electron chi connectivity index (χ3n) is 3.01. The van der Waals surface area contributed by atoms with E-state index in [9.17, 15) is 9.90 Å². The fourth-order valence-electron chi connectivity index (χ4n) is 1.69. The zero-order valence-corrected chi connectivity index (χ0v) is 12.2. The molecule has 0 unspecified atom stereocenters. The van der Waals surface area contributed by atoms with Crippen molar-refractivity contribution in [1.82, 2.24) is 0 Å². The van der Waals surface area contributed by atoms with Crippen LogP contribution in [0, 0.1) is 12.3 Å². The lowest BCUT2D eigenvalue weighted by molar-refractivity contribution is -0.152. The van der Waals surface area contributed by atoms with E-state index in [4.69, 9.17) is 9.47 Å². The van der Waals surface area contributed by atoms with E-state index in [2.05, 4.69) is 0 Å². The maximum absolute atomic E-state index is 11.5. The summed E-state index contributed by atoms with van der Waals surface area (Å²) in [4.78, 5) is 11.5. The molecule has 4 nitrogen and oxygen atoms in total. The summed E-state index contributed by atoms with van der Waals surface area (Å²) in [7, 11) is 1.37. The second-order valence-electron chi connectivity index (χ2n) is 5.37. The third kappa shape index (κ3) is 3.96. The molecule has 1 atom stereocenters. The standard InChI is InChI=1S/C15H22O4/c1-10-8-12(11(2)16)6-7-13(10)19-9-15(3,4)14(17)18-5/h6-8,11,16H,9H2,1-5H3/t11-/m0/s1. The van der Waals surface area contributed by atoms with Gasteiger partial charge in [-0.3, -0.25) is 4.79 Å². The van der Waals surface area contributed by atoms with Gasteiger partial charge in [0.05, 0.1) is 18.6 Å².